The fourth-order valence-corrected chi connectivity index (χ4v) is 3.02. The maximum Gasteiger partial charge on any atom is 0.212 e. The minimum atomic E-state index is -1.02. The summed E-state index contributed by atoms with van der Waals surface area (Å²) in [7, 11) is 1.65. The van der Waals surface area contributed by atoms with E-state index in [9.17, 15) is 5.11 Å². The van der Waals surface area contributed by atoms with Gasteiger partial charge in [0, 0.05) is 5.56 Å². The smallest absolute Gasteiger partial charge is 0.212 e. The number of alkyl halides is 1. The standard InChI is InChI=1S/C17H19ClO4/c1-11(18)17(21-10-16(9-19)22-17)14-5-3-13-8-15(20-2)6-4-12(13)7-14/h3-8,11,16,19H,9-10H2,1-2H3. The lowest BCUT2D eigenvalue weighted by atomic mass is 9.98. The summed E-state index contributed by atoms with van der Waals surface area (Å²) in [4.78, 5) is 0. The first-order valence-electron chi connectivity index (χ1n) is 7.24. The summed E-state index contributed by atoms with van der Waals surface area (Å²) in [6.07, 6.45) is -0.354. The second-order valence-electron chi connectivity index (χ2n) is 5.44. The highest BCUT2D eigenvalue weighted by atomic mass is 35.5. The van der Waals surface area contributed by atoms with Gasteiger partial charge in [-0.05, 0) is 35.9 Å². The van der Waals surface area contributed by atoms with E-state index in [2.05, 4.69) is 0 Å². The molecule has 3 rings (SSSR count). The minimum absolute atomic E-state index is 0.0872. The number of aliphatic hydroxyl groups excluding tert-OH is 1. The van der Waals surface area contributed by atoms with Crippen molar-refractivity contribution in [3.05, 3.63) is 42.0 Å². The first-order chi connectivity index (χ1) is 10.6. The first-order valence-corrected chi connectivity index (χ1v) is 7.67. The number of aliphatic hydroxyl groups is 1. The van der Waals surface area contributed by atoms with Gasteiger partial charge in [-0.2, -0.15) is 0 Å². The van der Waals surface area contributed by atoms with Crippen LogP contribution in [0.2, 0.25) is 0 Å². The average Bonchev–Trinajstić information content (AvgIpc) is 2.99. The summed E-state index contributed by atoms with van der Waals surface area (Å²) < 4.78 is 17.0. The molecule has 0 radical (unpaired) electrons. The van der Waals surface area contributed by atoms with Crippen LogP contribution in [0, 0.1) is 0 Å². The van der Waals surface area contributed by atoms with Crippen molar-refractivity contribution >= 4 is 22.4 Å². The van der Waals surface area contributed by atoms with E-state index in [1.54, 1.807) is 7.11 Å². The van der Waals surface area contributed by atoms with Gasteiger partial charge in [0.1, 0.15) is 11.9 Å². The normalized spacial score (nSPS) is 26.3. The van der Waals surface area contributed by atoms with Gasteiger partial charge in [-0.3, -0.25) is 0 Å². The predicted molar refractivity (Wildman–Crippen MR) is 85.4 cm³/mol. The van der Waals surface area contributed by atoms with E-state index in [-0.39, 0.29) is 18.1 Å². The van der Waals surface area contributed by atoms with Crippen LogP contribution in [0.3, 0.4) is 0 Å². The van der Waals surface area contributed by atoms with Crippen LogP contribution in [0.4, 0.5) is 0 Å². The molecule has 1 aliphatic rings. The molecule has 0 spiro atoms. The Bertz CT molecular complexity index is 673. The number of ether oxygens (including phenoxy) is 3. The molecular weight excluding hydrogens is 304 g/mol. The number of halogens is 1. The number of benzene rings is 2. The molecule has 0 bridgehead atoms. The number of rotatable bonds is 4. The largest absolute Gasteiger partial charge is 0.497 e. The van der Waals surface area contributed by atoms with E-state index < -0.39 is 5.79 Å². The van der Waals surface area contributed by atoms with Gasteiger partial charge >= 0.3 is 0 Å². The zero-order valence-electron chi connectivity index (χ0n) is 12.6. The summed E-state index contributed by atoms with van der Waals surface area (Å²) in [5, 5.41) is 11.0. The van der Waals surface area contributed by atoms with E-state index in [1.807, 2.05) is 43.3 Å². The van der Waals surface area contributed by atoms with Crippen LogP contribution < -0.4 is 4.74 Å². The van der Waals surface area contributed by atoms with E-state index >= 15 is 0 Å². The Hall–Kier alpha value is -1.33. The summed E-state index contributed by atoms with van der Waals surface area (Å²) >= 11 is 6.34. The zero-order valence-corrected chi connectivity index (χ0v) is 13.3. The Balaban J connectivity index is 2.04. The second-order valence-corrected chi connectivity index (χ2v) is 6.10. The SMILES string of the molecule is COc1ccc2cc(C3(C(C)Cl)OCC(CO)O3)ccc2c1. The summed E-state index contributed by atoms with van der Waals surface area (Å²) in [5.41, 5.74) is 0.851. The van der Waals surface area contributed by atoms with Crippen molar-refractivity contribution in [1.82, 2.24) is 0 Å². The second kappa shape index (κ2) is 6.05. The lowest BCUT2D eigenvalue weighted by molar-refractivity contribution is -0.178. The minimum Gasteiger partial charge on any atom is -0.497 e. The van der Waals surface area contributed by atoms with Gasteiger partial charge in [-0.1, -0.05) is 18.2 Å². The highest BCUT2D eigenvalue weighted by molar-refractivity contribution is 6.21. The molecule has 3 unspecified atom stereocenters. The van der Waals surface area contributed by atoms with Crippen molar-refractivity contribution in [2.45, 2.75) is 24.2 Å². The van der Waals surface area contributed by atoms with Crippen LogP contribution in [0.25, 0.3) is 10.8 Å². The molecule has 0 amide bonds. The third-order valence-corrected chi connectivity index (χ3v) is 4.29. The molecule has 1 fully saturated rings. The van der Waals surface area contributed by atoms with Gasteiger partial charge in [-0.15, -0.1) is 11.6 Å². The quantitative estimate of drug-likeness (QED) is 0.879. The molecule has 1 aliphatic heterocycles. The maximum atomic E-state index is 9.29. The monoisotopic (exact) mass is 322 g/mol. The first kappa shape index (κ1) is 15.6. The Morgan fingerprint density at radius 2 is 2.05 bits per heavy atom. The average molecular weight is 323 g/mol. The fraction of sp³-hybridized carbons (Fsp3) is 0.412. The van der Waals surface area contributed by atoms with Crippen molar-refractivity contribution < 1.29 is 19.3 Å². The number of methoxy groups -OCH3 is 1. The molecule has 4 nitrogen and oxygen atoms in total. The van der Waals surface area contributed by atoms with Crippen LogP contribution in [-0.2, 0) is 15.3 Å². The Labute approximate surface area is 134 Å². The Kier molecular flexibility index (Phi) is 4.28. The zero-order chi connectivity index (χ0) is 15.7. The van der Waals surface area contributed by atoms with E-state index in [4.69, 9.17) is 25.8 Å². The highest BCUT2D eigenvalue weighted by Crippen LogP contribution is 2.41. The maximum absolute atomic E-state index is 9.29. The molecule has 3 atom stereocenters. The van der Waals surface area contributed by atoms with Crippen LogP contribution in [-0.4, -0.2) is 36.9 Å². The van der Waals surface area contributed by atoms with Gasteiger partial charge in [0.05, 0.1) is 25.7 Å². The van der Waals surface area contributed by atoms with Crippen LogP contribution in [0.1, 0.15) is 12.5 Å². The van der Waals surface area contributed by atoms with Crippen LogP contribution >= 0.6 is 11.6 Å². The number of fused-ring (bicyclic) bond motifs is 1. The van der Waals surface area contributed by atoms with Gasteiger partial charge < -0.3 is 19.3 Å². The summed E-state index contributed by atoms with van der Waals surface area (Å²) in [5.74, 6) is -0.210. The van der Waals surface area contributed by atoms with Crippen molar-refractivity contribution in [2.24, 2.45) is 0 Å². The van der Waals surface area contributed by atoms with Gasteiger partial charge in [0.2, 0.25) is 5.79 Å². The van der Waals surface area contributed by atoms with Crippen molar-refractivity contribution in [3.63, 3.8) is 0 Å². The van der Waals surface area contributed by atoms with Crippen molar-refractivity contribution in [3.8, 4) is 5.75 Å². The lowest BCUT2D eigenvalue weighted by Crippen LogP contribution is -2.36. The Morgan fingerprint density at radius 1 is 1.32 bits per heavy atom. The molecular formula is C17H19ClO4. The van der Waals surface area contributed by atoms with Gasteiger partial charge in [0.25, 0.3) is 0 Å². The fourth-order valence-electron chi connectivity index (χ4n) is 2.78. The van der Waals surface area contributed by atoms with E-state index in [0.29, 0.717) is 6.61 Å². The lowest BCUT2D eigenvalue weighted by Gasteiger charge is -2.31. The topological polar surface area (TPSA) is 47.9 Å². The molecule has 1 N–H and O–H groups in total. The molecule has 1 heterocycles. The third-order valence-electron chi connectivity index (χ3n) is 4.00. The molecule has 5 heteroatoms. The van der Waals surface area contributed by atoms with Gasteiger partial charge in [-0.25, -0.2) is 0 Å². The molecule has 1 saturated heterocycles. The Morgan fingerprint density at radius 3 is 2.68 bits per heavy atom. The summed E-state index contributed by atoms with van der Waals surface area (Å²) in [6, 6.07) is 11.8. The number of hydrogen-bond acceptors (Lipinski definition) is 4. The molecule has 0 aliphatic carbocycles. The van der Waals surface area contributed by atoms with Crippen LogP contribution in [0.15, 0.2) is 36.4 Å². The molecule has 2 aromatic rings. The number of hydrogen-bond donors (Lipinski definition) is 1. The van der Waals surface area contributed by atoms with E-state index in [0.717, 1.165) is 22.1 Å². The van der Waals surface area contributed by atoms with E-state index in [1.165, 1.54) is 0 Å². The highest BCUT2D eigenvalue weighted by Gasteiger charge is 2.47. The van der Waals surface area contributed by atoms with Crippen molar-refractivity contribution in [1.29, 1.82) is 0 Å². The molecule has 2 aromatic carbocycles. The molecule has 0 aromatic heterocycles. The van der Waals surface area contributed by atoms with Gasteiger partial charge in [0.15, 0.2) is 0 Å². The predicted octanol–water partition coefficient (Wildman–Crippen LogP) is 3.04. The van der Waals surface area contributed by atoms with Crippen molar-refractivity contribution in [2.75, 3.05) is 20.3 Å². The third kappa shape index (κ3) is 2.57. The molecule has 22 heavy (non-hydrogen) atoms. The summed E-state index contributed by atoms with van der Waals surface area (Å²) in [6.45, 7) is 2.07. The molecule has 118 valence electrons. The van der Waals surface area contributed by atoms with Crippen LogP contribution in [0.5, 0.6) is 5.75 Å². The molecule has 0 saturated carbocycles.